The van der Waals surface area contributed by atoms with Crippen molar-refractivity contribution in [2.24, 2.45) is 0 Å². The summed E-state index contributed by atoms with van der Waals surface area (Å²) in [5, 5.41) is 14.0. The number of nitro benzene ring substituents is 1. The van der Waals surface area contributed by atoms with Crippen LogP contribution in [-0.2, 0) is 6.42 Å². The lowest BCUT2D eigenvalue weighted by Crippen LogP contribution is -2.13. The van der Waals surface area contributed by atoms with Crippen molar-refractivity contribution < 1.29 is 4.92 Å². The molecule has 1 aromatic carbocycles. The van der Waals surface area contributed by atoms with Crippen LogP contribution >= 0.6 is 0 Å². The van der Waals surface area contributed by atoms with Crippen molar-refractivity contribution in [3.05, 3.63) is 40.0 Å². The van der Waals surface area contributed by atoms with E-state index in [1.54, 1.807) is 12.1 Å². The van der Waals surface area contributed by atoms with Gasteiger partial charge in [-0.3, -0.25) is 10.1 Å². The highest BCUT2D eigenvalue weighted by atomic mass is 16.6. The molecule has 1 N–H and O–H groups in total. The largest absolute Gasteiger partial charge is 0.384 e. The van der Waals surface area contributed by atoms with Gasteiger partial charge in [0.15, 0.2) is 0 Å². The number of rotatable bonds is 2. The van der Waals surface area contributed by atoms with E-state index in [2.05, 4.69) is 11.9 Å². The van der Waals surface area contributed by atoms with E-state index in [-0.39, 0.29) is 10.6 Å². The van der Waals surface area contributed by atoms with Crippen LogP contribution in [-0.4, -0.2) is 11.5 Å². The molecule has 0 fully saturated rings. The Kier molecular flexibility index (Phi) is 2.41. The van der Waals surface area contributed by atoms with Gasteiger partial charge in [-0.1, -0.05) is 18.7 Å². The maximum absolute atomic E-state index is 10.8. The van der Waals surface area contributed by atoms with E-state index in [9.17, 15) is 10.1 Å². The summed E-state index contributed by atoms with van der Waals surface area (Å²) in [5.74, 6) is 0. The normalized spacial score (nSPS) is 13.9. The minimum Gasteiger partial charge on any atom is -0.384 e. The zero-order chi connectivity index (χ0) is 10.8. The van der Waals surface area contributed by atoms with Crippen LogP contribution in [0.5, 0.6) is 0 Å². The van der Waals surface area contributed by atoms with E-state index in [0.29, 0.717) is 5.56 Å². The highest BCUT2D eigenvalue weighted by Gasteiger charge is 2.19. The maximum Gasteiger partial charge on any atom is 0.278 e. The van der Waals surface area contributed by atoms with Gasteiger partial charge in [0.1, 0.15) is 0 Å². The second kappa shape index (κ2) is 3.73. The molecule has 0 unspecified atom stereocenters. The summed E-state index contributed by atoms with van der Waals surface area (Å²) in [6.07, 6.45) is 3.60. The van der Waals surface area contributed by atoms with Crippen molar-refractivity contribution in [3.63, 3.8) is 0 Å². The second-order valence-electron chi connectivity index (χ2n) is 3.52. The van der Waals surface area contributed by atoms with E-state index in [0.717, 1.165) is 30.6 Å². The van der Waals surface area contributed by atoms with Gasteiger partial charge >= 0.3 is 0 Å². The lowest BCUT2D eigenvalue weighted by Gasteiger charge is -2.19. The van der Waals surface area contributed by atoms with E-state index >= 15 is 0 Å². The van der Waals surface area contributed by atoms with Gasteiger partial charge in [0.05, 0.1) is 16.2 Å². The molecule has 0 amide bonds. The molecule has 0 radical (unpaired) electrons. The minimum atomic E-state index is -0.367. The van der Waals surface area contributed by atoms with Crippen LogP contribution in [0.1, 0.15) is 17.5 Å². The minimum absolute atomic E-state index is 0.123. The summed E-state index contributed by atoms with van der Waals surface area (Å²) in [5.41, 5.74) is 2.75. The zero-order valence-electron chi connectivity index (χ0n) is 8.32. The maximum atomic E-state index is 10.8. The highest BCUT2D eigenvalue weighted by molar-refractivity contribution is 5.77. The first kappa shape index (κ1) is 9.71. The van der Waals surface area contributed by atoms with Crippen molar-refractivity contribution in [1.82, 2.24) is 0 Å². The number of anilines is 1. The Morgan fingerprint density at radius 2 is 2.33 bits per heavy atom. The number of nitro groups is 1. The van der Waals surface area contributed by atoms with Crippen LogP contribution in [0.25, 0.3) is 6.08 Å². The first-order chi connectivity index (χ1) is 7.24. The molecule has 0 atom stereocenters. The third-order valence-electron chi connectivity index (χ3n) is 2.63. The first-order valence-electron chi connectivity index (χ1n) is 4.90. The van der Waals surface area contributed by atoms with Crippen LogP contribution in [0.4, 0.5) is 11.4 Å². The molecule has 2 rings (SSSR count). The number of nitrogens with zero attached hydrogens (tertiary/aromatic N) is 1. The Bertz CT molecular complexity index is 427. The number of hydrogen-bond acceptors (Lipinski definition) is 3. The summed E-state index contributed by atoms with van der Waals surface area (Å²) in [7, 11) is 0. The molecule has 0 aliphatic carbocycles. The summed E-state index contributed by atoms with van der Waals surface area (Å²) in [4.78, 5) is 10.4. The van der Waals surface area contributed by atoms with Gasteiger partial charge in [0.25, 0.3) is 5.69 Å². The molecule has 78 valence electrons. The van der Waals surface area contributed by atoms with Crippen LogP contribution < -0.4 is 5.32 Å². The molecule has 0 bridgehead atoms. The Hall–Kier alpha value is -1.84. The molecule has 1 aliphatic heterocycles. The Morgan fingerprint density at radius 3 is 3.00 bits per heavy atom. The second-order valence-corrected chi connectivity index (χ2v) is 3.52. The fraction of sp³-hybridized carbons (Fsp3) is 0.273. The lowest BCUT2D eigenvalue weighted by atomic mass is 9.98. The van der Waals surface area contributed by atoms with E-state index in [1.807, 2.05) is 6.07 Å². The first-order valence-corrected chi connectivity index (χ1v) is 4.90. The van der Waals surface area contributed by atoms with Gasteiger partial charge in [0.2, 0.25) is 0 Å². The molecule has 0 aromatic heterocycles. The van der Waals surface area contributed by atoms with Gasteiger partial charge in [-0.05, 0) is 18.4 Å². The molecular weight excluding hydrogens is 192 g/mol. The molecule has 15 heavy (non-hydrogen) atoms. The zero-order valence-corrected chi connectivity index (χ0v) is 8.32. The fourth-order valence-electron chi connectivity index (χ4n) is 1.93. The Balaban J connectivity index is 2.61. The molecule has 1 aliphatic rings. The molecule has 1 heterocycles. The van der Waals surface area contributed by atoms with E-state index in [1.165, 1.54) is 0 Å². The van der Waals surface area contributed by atoms with E-state index in [4.69, 9.17) is 0 Å². The smallest absolute Gasteiger partial charge is 0.278 e. The predicted molar refractivity (Wildman–Crippen MR) is 60.0 cm³/mol. The highest BCUT2D eigenvalue weighted by Crippen LogP contribution is 2.33. The van der Waals surface area contributed by atoms with E-state index < -0.39 is 0 Å². The monoisotopic (exact) mass is 204 g/mol. The van der Waals surface area contributed by atoms with Gasteiger partial charge in [0, 0.05) is 12.6 Å². The summed E-state index contributed by atoms with van der Waals surface area (Å²) < 4.78 is 0. The van der Waals surface area contributed by atoms with Crippen LogP contribution in [0, 0.1) is 10.1 Å². The number of aryl methyl sites for hydroxylation is 1. The number of nitrogens with one attached hydrogen (secondary N) is 1. The average Bonchev–Trinajstić information content (AvgIpc) is 2.27. The molecule has 4 heteroatoms. The molecule has 1 aromatic rings. The molecule has 4 nitrogen and oxygen atoms in total. The van der Waals surface area contributed by atoms with Crippen LogP contribution in [0.2, 0.25) is 0 Å². The van der Waals surface area contributed by atoms with Gasteiger partial charge < -0.3 is 5.32 Å². The average molecular weight is 204 g/mol. The van der Waals surface area contributed by atoms with Crippen molar-refractivity contribution >= 4 is 17.5 Å². The summed E-state index contributed by atoms with van der Waals surface area (Å²) in [6, 6.07) is 3.38. The summed E-state index contributed by atoms with van der Waals surface area (Å²) in [6.45, 7) is 4.51. The van der Waals surface area contributed by atoms with Crippen molar-refractivity contribution in [2.45, 2.75) is 12.8 Å². The Labute approximate surface area is 87.8 Å². The third-order valence-corrected chi connectivity index (χ3v) is 2.63. The van der Waals surface area contributed by atoms with Gasteiger partial charge in [-0.25, -0.2) is 0 Å². The topological polar surface area (TPSA) is 55.2 Å². The number of fused-ring (bicyclic) bond motifs is 1. The Morgan fingerprint density at radius 1 is 1.53 bits per heavy atom. The lowest BCUT2D eigenvalue weighted by molar-refractivity contribution is -0.385. The standard InChI is InChI=1S/C11H12N2O2/c1-2-9-10(13(14)15)6-5-8-4-3-7-12-11(8)9/h2,5-6,12H,1,3-4,7H2. The molecule has 0 saturated heterocycles. The SMILES string of the molecule is C=Cc1c([N+](=O)[O-])ccc2c1NCCC2. The number of benzene rings is 1. The number of hydrogen-bond donors (Lipinski definition) is 1. The summed E-state index contributed by atoms with van der Waals surface area (Å²) >= 11 is 0. The van der Waals surface area contributed by atoms with Crippen LogP contribution in [0.15, 0.2) is 18.7 Å². The molecule has 0 spiro atoms. The van der Waals surface area contributed by atoms with Crippen LogP contribution in [0.3, 0.4) is 0 Å². The third kappa shape index (κ3) is 1.58. The van der Waals surface area contributed by atoms with Gasteiger partial charge in [-0.15, -0.1) is 0 Å². The molecule has 0 saturated carbocycles. The van der Waals surface area contributed by atoms with Gasteiger partial charge in [-0.2, -0.15) is 0 Å². The predicted octanol–water partition coefficient (Wildman–Crippen LogP) is 2.60. The molecular formula is C11H12N2O2. The quantitative estimate of drug-likeness (QED) is 0.595. The van der Waals surface area contributed by atoms with Crippen molar-refractivity contribution in [3.8, 4) is 0 Å². The van der Waals surface area contributed by atoms with Crippen molar-refractivity contribution in [2.75, 3.05) is 11.9 Å². The van der Waals surface area contributed by atoms with Crippen molar-refractivity contribution in [1.29, 1.82) is 0 Å². The fourth-order valence-corrected chi connectivity index (χ4v) is 1.93.